The maximum Gasteiger partial charge on any atom is 0.257 e. The van der Waals surface area contributed by atoms with E-state index in [2.05, 4.69) is 31.1 Å². The number of hydrogen-bond acceptors (Lipinski definition) is 7. The first-order valence-electron chi connectivity index (χ1n) is 9.05. The molecule has 0 spiro atoms. The molecule has 1 aromatic carbocycles. The lowest BCUT2D eigenvalue weighted by Crippen LogP contribution is -2.24. The largest absolute Gasteiger partial charge is 0.484 e. The number of ether oxygens (including phenoxy) is 1. The third-order valence-electron chi connectivity index (χ3n) is 4.41. The summed E-state index contributed by atoms with van der Waals surface area (Å²) < 4.78 is 6.21. The van der Waals surface area contributed by atoms with E-state index in [0.29, 0.717) is 33.9 Å². The van der Waals surface area contributed by atoms with E-state index < -0.39 is 0 Å². The molecule has 9 nitrogen and oxygen atoms in total. The number of rotatable bonds is 8. The van der Waals surface area contributed by atoms with Gasteiger partial charge in [-0.25, -0.2) is 4.98 Å². The minimum atomic E-state index is -0.216. The van der Waals surface area contributed by atoms with Gasteiger partial charge in [0.15, 0.2) is 23.2 Å². The van der Waals surface area contributed by atoms with Crippen molar-refractivity contribution >= 4 is 56.0 Å². The van der Waals surface area contributed by atoms with Crippen molar-refractivity contribution in [3.63, 3.8) is 0 Å². The summed E-state index contributed by atoms with van der Waals surface area (Å²) in [6.45, 7) is 0.372. The summed E-state index contributed by atoms with van der Waals surface area (Å²) in [4.78, 5) is 27.5. The quantitative estimate of drug-likeness (QED) is 0.432. The summed E-state index contributed by atoms with van der Waals surface area (Å²) in [6, 6.07) is 5.25. The number of anilines is 2. The molecule has 2 amide bonds. The van der Waals surface area contributed by atoms with E-state index in [1.807, 2.05) is 6.07 Å². The molecule has 11 heteroatoms. The highest BCUT2D eigenvalue weighted by atomic mass is 35.5. The van der Waals surface area contributed by atoms with Crippen LogP contribution in [0.2, 0.25) is 5.02 Å². The summed E-state index contributed by atoms with van der Waals surface area (Å²) in [5.41, 5.74) is 1.47. The zero-order chi connectivity index (χ0) is 20.4. The fourth-order valence-electron chi connectivity index (χ4n) is 2.60. The predicted molar refractivity (Wildman–Crippen MR) is 111 cm³/mol. The van der Waals surface area contributed by atoms with E-state index >= 15 is 0 Å². The molecule has 0 bridgehead atoms. The van der Waals surface area contributed by atoms with E-state index in [-0.39, 0.29) is 24.3 Å². The number of nitrogens with zero attached hydrogens (tertiary/aromatic N) is 2. The first kappa shape index (κ1) is 19.5. The lowest BCUT2D eigenvalue weighted by molar-refractivity contribution is -0.122. The van der Waals surface area contributed by atoms with Crippen LogP contribution in [0.3, 0.4) is 0 Å². The molecule has 2 heterocycles. The highest BCUT2D eigenvalue weighted by Crippen LogP contribution is 2.34. The number of carbonyl (C=O) groups excluding carboxylic acids is 2. The van der Waals surface area contributed by atoms with E-state index in [0.717, 1.165) is 23.1 Å². The summed E-state index contributed by atoms with van der Waals surface area (Å²) in [5, 5.41) is 16.7. The molecule has 0 radical (unpaired) electrons. The number of hydrogen-bond donors (Lipinski definition) is 4. The van der Waals surface area contributed by atoms with Gasteiger partial charge >= 0.3 is 0 Å². The number of H-pyrrole nitrogens is 1. The van der Waals surface area contributed by atoms with Crippen LogP contribution >= 0.6 is 22.9 Å². The summed E-state index contributed by atoms with van der Waals surface area (Å²) >= 11 is 7.70. The Morgan fingerprint density at radius 2 is 2.21 bits per heavy atom. The molecule has 4 N–H and O–H groups in total. The molecule has 152 valence electrons. The van der Waals surface area contributed by atoms with Crippen molar-refractivity contribution in [2.24, 2.45) is 5.92 Å². The van der Waals surface area contributed by atoms with Gasteiger partial charge in [0.05, 0.1) is 0 Å². The van der Waals surface area contributed by atoms with Crippen molar-refractivity contribution < 1.29 is 14.3 Å². The number of aromatic nitrogens is 3. The zero-order valence-electron chi connectivity index (χ0n) is 15.5. The topological polar surface area (TPSA) is 121 Å². The molecule has 29 heavy (non-hydrogen) atoms. The third kappa shape index (κ3) is 4.60. The minimum absolute atomic E-state index is 0.0226. The molecule has 2 aromatic heterocycles. The summed E-state index contributed by atoms with van der Waals surface area (Å²) in [5.74, 6) is 1.09. The van der Waals surface area contributed by atoms with Crippen LogP contribution in [0.4, 0.5) is 10.9 Å². The standard InChI is InChI=1S/C18H19ClN6O3S/c1-20-13(26)8-28-11-5-4-10(12(19)6-11)7-21-15-14-16(25-24-15)22-18(29-14)23-17(27)9-2-3-9/h4-6,9H,2-3,7-8H2,1H3,(H,20,26)(H3,21,22,23,24,25,27). The molecule has 0 aliphatic heterocycles. The van der Waals surface area contributed by atoms with Crippen molar-refractivity contribution in [1.82, 2.24) is 20.5 Å². The van der Waals surface area contributed by atoms with Crippen LogP contribution in [-0.2, 0) is 16.1 Å². The molecule has 4 rings (SSSR count). The Hall–Kier alpha value is -2.85. The van der Waals surface area contributed by atoms with Crippen LogP contribution in [0.1, 0.15) is 18.4 Å². The van der Waals surface area contributed by atoms with Gasteiger partial charge in [-0.2, -0.15) is 5.10 Å². The second kappa shape index (κ2) is 8.26. The van der Waals surface area contributed by atoms with Gasteiger partial charge in [-0.1, -0.05) is 29.0 Å². The molecule has 1 fully saturated rings. The Balaban J connectivity index is 1.39. The number of halogens is 1. The molecule has 3 aromatic rings. The predicted octanol–water partition coefficient (Wildman–Crippen LogP) is 2.76. The lowest BCUT2D eigenvalue weighted by Gasteiger charge is -2.09. The lowest BCUT2D eigenvalue weighted by atomic mass is 10.2. The number of aromatic amines is 1. The molecule has 0 saturated heterocycles. The van der Waals surface area contributed by atoms with Crippen LogP contribution in [0.25, 0.3) is 10.3 Å². The van der Waals surface area contributed by atoms with Gasteiger partial charge in [0.1, 0.15) is 10.4 Å². The maximum absolute atomic E-state index is 11.9. The van der Waals surface area contributed by atoms with Gasteiger partial charge in [-0.15, -0.1) is 0 Å². The van der Waals surface area contributed by atoms with Crippen LogP contribution < -0.4 is 20.7 Å². The Kier molecular flexibility index (Phi) is 5.54. The van der Waals surface area contributed by atoms with Crippen molar-refractivity contribution in [2.45, 2.75) is 19.4 Å². The average molecular weight is 435 g/mol. The van der Waals surface area contributed by atoms with Gasteiger partial charge in [-0.3, -0.25) is 14.7 Å². The monoisotopic (exact) mass is 434 g/mol. The normalized spacial score (nSPS) is 13.3. The van der Waals surface area contributed by atoms with Crippen LogP contribution in [0.5, 0.6) is 5.75 Å². The fourth-order valence-corrected chi connectivity index (χ4v) is 3.73. The molecule has 1 aliphatic carbocycles. The number of amides is 2. The Bertz CT molecular complexity index is 1060. The second-order valence-corrected chi connectivity index (χ2v) is 8.01. The number of likely N-dealkylation sites (N-methyl/N-ethyl adjacent to an activating group) is 1. The zero-order valence-corrected chi connectivity index (χ0v) is 17.1. The minimum Gasteiger partial charge on any atom is -0.484 e. The summed E-state index contributed by atoms with van der Waals surface area (Å²) in [6.07, 6.45) is 1.89. The first-order chi connectivity index (χ1) is 14.0. The van der Waals surface area contributed by atoms with Crippen LogP contribution in [-0.4, -0.2) is 40.7 Å². The molecular weight excluding hydrogens is 416 g/mol. The second-order valence-electron chi connectivity index (χ2n) is 6.60. The molecule has 0 atom stereocenters. The van der Waals surface area contributed by atoms with Crippen LogP contribution in [0.15, 0.2) is 18.2 Å². The molecule has 0 unspecified atom stereocenters. The van der Waals surface area contributed by atoms with Crippen molar-refractivity contribution in [3.8, 4) is 5.75 Å². The highest BCUT2D eigenvalue weighted by Gasteiger charge is 2.30. The van der Waals surface area contributed by atoms with E-state index in [1.165, 1.54) is 11.3 Å². The van der Waals surface area contributed by atoms with Crippen molar-refractivity contribution in [2.75, 3.05) is 24.3 Å². The van der Waals surface area contributed by atoms with E-state index in [9.17, 15) is 9.59 Å². The average Bonchev–Trinajstić information content (AvgIpc) is 3.40. The smallest absolute Gasteiger partial charge is 0.257 e. The SMILES string of the molecule is CNC(=O)COc1ccc(CNc2n[nH]c3nc(NC(=O)C4CC4)sc23)c(Cl)c1. The summed E-state index contributed by atoms with van der Waals surface area (Å²) in [7, 11) is 1.55. The number of thiazole rings is 1. The highest BCUT2D eigenvalue weighted by molar-refractivity contribution is 7.22. The Morgan fingerprint density at radius 3 is 2.93 bits per heavy atom. The number of benzene rings is 1. The number of nitrogens with one attached hydrogen (secondary N) is 4. The van der Waals surface area contributed by atoms with Crippen LogP contribution in [0, 0.1) is 5.92 Å². The third-order valence-corrected chi connectivity index (χ3v) is 5.74. The number of carbonyl (C=O) groups is 2. The number of fused-ring (bicyclic) bond motifs is 1. The van der Waals surface area contributed by atoms with Gasteiger partial charge in [-0.05, 0) is 30.5 Å². The van der Waals surface area contributed by atoms with Crippen molar-refractivity contribution in [3.05, 3.63) is 28.8 Å². The van der Waals surface area contributed by atoms with E-state index in [1.54, 1.807) is 19.2 Å². The molecule has 1 saturated carbocycles. The molecule has 1 aliphatic rings. The first-order valence-corrected chi connectivity index (χ1v) is 10.2. The van der Waals surface area contributed by atoms with Crippen molar-refractivity contribution in [1.29, 1.82) is 0 Å². The fraction of sp³-hybridized carbons (Fsp3) is 0.333. The van der Waals surface area contributed by atoms with Gasteiger partial charge < -0.3 is 20.7 Å². The van der Waals surface area contributed by atoms with Gasteiger partial charge in [0, 0.05) is 24.5 Å². The Morgan fingerprint density at radius 1 is 1.38 bits per heavy atom. The Labute approximate surface area is 175 Å². The molecular formula is C18H19ClN6O3S. The van der Waals surface area contributed by atoms with E-state index in [4.69, 9.17) is 16.3 Å². The van der Waals surface area contributed by atoms with Gasteiger partial charge in [0.2, 0.25) is 5.91 Å². The maximum atomic E-state index is 11.9. The van der Waals surface area contributed by atoms with Gasteiger partial charge in [0.25, 0.3) is 5.91 Å².